The Bertz CT molecular complexity index is 262. The summed E-state index contributed by atoms with van der Waals surface area (Å²) >= 11 is 0. The third-order valence-electron chi connectivity index (χ3n) is 2.17. The average Bonchev–Trinajstić information content (AvgIpc) is 2.68. The van der Waals surface area contributed by atoms with Crippen molar-refractivity contribution in [2.24, 2.45) is 0 Å². The van der Waals surface area contributed by atoms with Crippen molar-refractivity contribution in [2.45, 2.75) is 19.1 Å². The van der Waals surface area contributed by atoms with Gasteiger partial charge in [-0.1, -0.05) is 5.21 Å². The summed E-state index contributed by atoms with van der Waals surface area (Å²) in [6.07, 6.45) is 4.20. The lowest BCUT2D eigenvalue weighted by Crippen LogP contribution is -2.35. The third kappa shape index (κ3) is 5.79. The van der Waals surface area contributed by atoms with Gasteiger partial charge in [-0.05, 0) is 27.1 Å². The normalized spacial score (nSPS) is 13.2. The Balaban J connectivity index is 1.95. The van der Waals surface area contributed by atoms with Gasteiger partial charge in [0.1, 0.15) is 0 Å². The lowest BCUT2D eigenvalue weighted by molar-refractivity contribution is 0.135. The molecule has 1 aromatic rings. The Kier molecular flexibility index (Phi) is 5.99. The Morgan fingerprint density at radius 1 is 1.50 bits per heavy atom. The molecule has 1 aromatic heterocycles. The molecule has 0 radical (unpaired) electrons. The molecule has 0 saturated heterocycles. The molecule has 0 spiro atoms. The molecule has 92 valence electrons. The first-order valence-electron chi connectivity index (χ1n) is 5.56. The van der Waals surface area contributed by atoms with Gasteiger partial charge in [-0.15, -0.1) is 5.10 Å². The summed E-state index contributed by atoms with van der Waals surface area (Å²) in [6, 6.07) is 0. The number of aliphatic hydroxyl groups is 1. The van der Waals surface area contributed by atoms with Crippen LogP contribution < -0.4 is 5.32 Å². The zero-order valence-corrected chi connectivity index (χ0v) is 10.0. The quantitative estimate of drug-likeness (QED) is 0.568. The zero-order valence-electron chi connectivity index (χ0n) is 10.0. The molecule has 6 nitrogen and oxygen atoms in total. The fourth-order valence-electron chi connectivity index (χ4n) is 1.47. The van der Waals surface area contributed by atoms with Crippen LogP contribution in [0.1, 0.15) is 6.42 Å². The SMILES string of the molecule is CN(C)CC(O)CNCCCn1ccnn1. The van der Waals surface area contributed by atoms with Crippen molar-refractivity contribution in [1.82, 2.24) is 25.2 Å². The van der Waals surface area contributed by atoms with Gasteiger partial charge in [0, 0.05) is 25.8 Å². The maximum atomic E-state index is 9.57. The molecule has 0 amide bonds. The van der Waals surface area contributed by atoms with Gasteiger partial charge in [-0.25, -0.2) is 0 Å². The molecule has 0 aliphatic rings. The minimum Gasteiger partial charge on any atom is -0.390 e. The van der Waals surface area contributed by atoms with Crippen LogP contribution in [0.3, 0.4) is 0 Å². The predicted molar refractivity (Wildman–Crippen MR) is 62.1 cm³/mol. The summed E-state index contributed by atoms with van der Waals surface area (Å²) in [4.78, 5) is 1.97. The summed E-state index contributed by atoms with van der Waals surface area (Å²) in [6.45, 7) is 3.06. The number of nitrogens with zero attached hydrogens (tertiary/aromatic N) is 4. The fraction of sp³-hybridized carbons (Fsp3) is 0.800. The van der Waals surface area contributed by atoms with Crippen LogP contribution in [-0.2, 0) is 6.54 Å². The second kappa shape index (κ2) is 7.32. The van der Waals surface area contributed by atoms with Crippen LogP contribution in [0.4, 0.5) is 0 Å². The molecule has 1 heterocycles. The van der Waals surface area contributed by atoms with Gasteiger partial charge in [0.2, 0.25) is 0 Å². The second-order valence-electron chi connectivity index (χ2n) is 4.14. The number of likely N-dealkylation sites (N-methyl/N-ethyl adjacent to an activating group) is 1. The largest absolute Gasteiger partial charge is 0.390 e. The maximum absolute atomic E-state index is 9.57. The molecule has 0 aliphatic carbocycles. The zero-order chi connectivity index (χ0) is 11.8. The molecule has 0 fully saturated rings. The summed E-state index contributed by atoms with van der Waals surface area (Å²) in [5.74, 6) is 0. The summed E-state index contributed by atoms with van der Waals surface area (Å²) in [5, 5.41) is 20.4. The van der Waals surface area contributed by atoms with Crippen molar-refractivity contribution in [3.8, 4) is 0 Å². The first kappa shape index (κ1) is 13.1. The highest BCUT2D eigenvalue weighted by Gasteiger charge is 2.03. The fourth-order valence-corrected chi connectivity index (χ4v) is 1.47. The molecule has 6 heteroatoms. The number of aryl methyl sites for hydroxylation is 1. The van der Waals surface area contributed by atoms with Gasteiger partial charge < -0.3 is 15.3 Å². The summed E-state index contributed by atoms with van der Waals surface area (Å²) in [7, 11) is 3.90. The van der Waals surface area contributed by atoms with E-state index >= 15 is 0 Å². The van der Waals surface area contributed by atoms with Crippen molar-refractivity contribution in [2.75, 3.05) is 33.7 Å². The van der Waals surface area contributed by atoms with E-state index in [4.69, 9.17) is 0 Å². The Morgan fingerprint density at radius 3 is 2.94 bits per heavy atom. The van der Waals surface area contributed by atoms with Crippen LogP contribution in [0.5, 0.6) is 0 Å². The lowest BCUT2D eigenvalue weighted by Gasteiger charge is -2.16. The van der Waals surface area contributed by atoms with Crippen molar-refractivity contribution < 1.29 is 5.11 Å². The van der Waals surface area contributed by atoms with Crippen LogP contribution in [0.15, 0.2) is 12.4 Å². The van der Waals surface area contributed by atoms with Gasteiger partial charge in [0.15, 0.2) is 0 Å². The molecule has 0 aromatic carbocycles. The number of aromatic nitrogens is 3. The molecule has 1 atom stereocenters. The van der Waals surface area contributed by atoms with E-state index in [-0.39, 0.29) is 6.10 Å². The first-order valence-corrected chi connectivity index (χ1v) is 5.56. The minimum atomic E-state index is -0.304. The molecule has 16 heavy (non-hydrogen) atoms. The highest BCUT2D eigenvalue weighted by molar-refractivity contribution is 4.65. The van der Waals surface area contributed by atoms with E-state index in [0.29, 0.717) is 13.1 Å². The first-order chi connectivity index (χ1) is 7.68. The monoisotopic (exact) mass is 227 g/mol. The molecule has 0 saturated carbocycles. The predicted octanol–water partition coefficient (Wildman–Crippen LogP) is -0.820. The molecular formula is C10H21N5O. The highest BCUT2D eigenvalue weighted by atomic mass is 16.3. The van der Waals surface area contributed by atoms with Crippen molar-refractivity contribution in [1.29, 1.82) is 0 Å². The van der Waals surface area contributed by atoms with Gasteiger partial charge >= 0.3 is 0 Å². The average molecular weight is 227 g/mol. The van der Waals surface area contributed by atoms with Crippen LogP contribution in [0, 0.1) is 0 Å². The van der Waals surface area contributed by atoms with Crippen LogP contribution in [0.2, 0.25) is 0 Å². The number of rotatable bonds is 8. The standard InChI is InChI=1S/C10H21N5O/c1-14(2)9-10(16)8-11-4-3-6-15-7-5-12-13-15/h5,7,10-11,16H,3-4,6,8-9H2,1-2H3. The Labute approximate surface area is 96.3 Å². The molecular weight excluding hydrogens is 206 g/mol. The topological polar surface area (TPSA) is 66.2 Å². The highest BCUT2D eigenvalue weighted by Crippen LogP contribution is 1.87. The number of hydrogen-bond acceptors (Lipinski definition) is 5. The van der Waals surface area contributed by atoms with E-state index in [9.17, 15) is 5.11 Å². The van der Waals surface area contributed by atoms with E-state index < -0.39 is 0 Å². The summed E-state index contributed by atoms with van der Waals surface area (Å²) in [5.41, 5.74) is 0. The van der Waals surface area contributed by atoms with Gasteiger partial charge in [0.25, 0.3) is 0 Å². The van der Waals surface area contributed by atoms with Crippen molar-refractivity contribution in [3.05, 3.63) is 12.4 Å². The van der Waals surface area contributed by atoms with E-state index in [2.05, 4.69) is 15.6 Å². The number of nitrogens with one attached hydrogen (secondary N) is 1. The number of hydrogen-bond donors (Lipinski definition) is 2. The van der Waals surface area contributed by atoms with Crippen LogP contribution in [0.25, 0.3) is 0 Å². The van der Waals surface area contributed by atoms with Crippen LogP contribution in [-0.4, -0.2) is 64.8 Å². The van der Waals surface area contributed by atoms with Crippen molar-refractivity contribution >= 4 is 0 Å². The smallest absolute Gasteiger partial charge is 0.0791 e. The van der Waals surface area contributed by atoms with Crippen LogP contribution >= 0.6 is 0 Å². The molecule has 2 N–H and O–H groups in total. The third-order valence-corrected chi connectivity index (χ3v) is 2.17. The summed E-state index contributed by atoms with van der Waals surface area (Å²) < 4.78 is 1.80. The number of aliphatic hydroxyl groups excluding tert-OH is 1. The minimum absolute atomic E-state index is 0.304. The maximum Gasteiger partial charge on any atom is 0.0791 e. The second-order valence-corrected chi connectivity index (χ2v) is 4.14. The van der Waals surface area contributed by atoms with Gasteiger partial charge in [-0.3, -0.25) is 4.68 Å². The Hall–Kier alpha value is -0.980. The van der Waals surface area contributed by atoms with Gasteiger partial charge in [-0.2, -0.15) is 0 Å². The van der Waals surface area contributed by atoms with E-state index in [1.807, 2.05) is 25.2 Å². The molecule has 1 rings (SSSR count). The van der Waals surface area contributed by atoms with E-state index in [1.54, 1.807) is 10.9 Å². The molecule has 1 unspecified atom stereocenters. The van der Waals surface area contributed by atoms with E-state index in [1.165, 1.54) is 0 Å². The molecule has 0 aliphatic heterocycles. The lowest BCUT2D eigenvalue weighted by atomic mass is 10.3. The van der Waals surface area contributed by atoms with Crippen molar-refractivity contribution in [3.63, 3.8) is 0 Å². The Morgan fingerprint density at radius 2 is 2.31 bits per heavy atom. The van der Waals surface area contributed by atoms with Gasteiger partial charge in [0.05, 0.1) is 12.3 Å². The molecule has 0 bridgehead atoms. The van der Waals surface area contributed by atoms with E-state index in [0.717, 1.165) is 19.5 Å².